The summed E-state index contributed by atoms with van der Waals surface area (Å²) in [6.45, 7) is 4.61. The Hall–Kier alpha value is -1.81. The van der Waals surface area contributed by atoms with Gasteiger partial charge >= 0.3 is 5.97 Å². The second-order valence-corrected chi connectivity index (χ2v) is 5.14. The second-order valence-electron chi connectivity index (χ2n) is 5.14. The molecule has 1 N–H and O–H groups in total. The van der Waals surface area contributed by atoms with Gasteiger partial charge in [0.15, 0.2) is 0 Å². The fraction of sp³-hybridized carbons (Fsp3) is 0.500. The van der Waals surface area contributed by atoms with Gasteiger partial charge in [-0.3, -0.25) is 0 Å². The molecular formula is C18H26O4. The number of carbonyl (C=O) groups excluding carboxylic acids is 1. The molecule has 0 aliphatic heterocycles. The average Bonchev–Trinajstić information content (AvgIpc) is 2.56. The Bertz CT molecular complexity index is 425. The first-order valence-corrected chi connectivity index (χ1v) is 7.88. The molecule has 0 fully saturated rings. The minimum Gasteiger partial charge on any atom is -0.494 e. The van der Waals surface area contributed by atoms with Gasteiger partial charge in [0.25, 0.3) is 0 Å². The molecule has 122 valence electrons. The summed E-state index contributed by atoms with van der Waals surface area (Å²) in [6, 6.07) is 7.51. The molecule has 0 unspecified atom stereocenters. The molecule has 0 heterocycles. The van der Waals surface area contributed by atoms with E-state index in [2.05, 4.69) is 6.58 Å². The minimum absolute atomic E-state index is 0.0626. The Labute approximate surface area is 132 Å². The summed E-state index contributed by atoms with van der Waals surface area (Å²) < 4.78 is 10.5. The molecule has 1 aromatic rings. The molecule has 4 heteroatoms. The van der Waals surface area contributed by atoms with Crippen molar-refractivity contribution in [1.82, 2.24) is 0 Å². The highest BCUT2D eigenvalue weighted by Gasteiger charge is 1.97. The van der Waals surface area contributed by atoms with Crippen LogP contribution in [0.1, 0.15) is 44.1 Å². The zero-order chi connectivity index (χ0) is 16.0. The van der Waals surface area contributed by atoms with Crippen molar-refractivity contribution in [3.63, 3.8) is 0 Å². The van der Waals surface area contributed by atoms with Crippen LogP contribution in [0.3, 0.4) is 0 Å². The maximum atomic E-state index is 10.8. The van der Waals surface area contributed by atoms with E-state index in [1.54, 1.807) is 0 Å². The second kappa shape index (κ2) is 11.8. The lowest BCUT2D eigenvalue weighted by molar-refractivity contribution is -0.137. The molecule has 0 spiro atoms. The van der Waals surface area contributed by atoms with Crippen LogP contribution in [0.4, 0.5) is 0 Å². The highest BCUT2D eigenvalue weighted by molar-refractivity contribution is 5.81. The zero-order valence-corrected chi connectivity index (χ0v) is 13.1. The fourth-order valence-corrected chi connectivity index (χ4v) is 2.02. The molecule has 0 amide bonds. The van der Waals surface area contributed by atoms with E-state index >= 15 is 0 Å². The molecule has 0 radical (unpaired) electrons. The molecule has 22 heavy (non-hydrogen) atoms. The SMILES string of the molecule is C=CC(=O)OCCCCCCCCOc1ccc(CO)cc1. The molecule has 0 bridgehead atoms. The third-order valence-electron chi connectivity index (χ3n) is 3.32. The maximum absolute atomic E-state index is 10.8. The standard InChI is InChI=1S/C18H26O4/c1-2-18(20)22-14-8-6-4-3-5-7-13-21-17-11-9-16(15-19)10-12-17/h2,9-12,19H,1,3-8,13-15H2. The number of carbonyl (C=O) groups is 1. The van der Waals surface area contributed by atoms with Crippen LogP contribution in [0, 0.1) is 0 Å². The molecule has 0 saturated carbocycles. The number of hydrogen-bond donors (Lipinski definition) is 1. The smallest absolute Gasteiger partial charge is 0.330 e. The summed E-state index contributed by atoms with van der Waals surface area (Å²) in [4.78, 5) is 10.8. The van der Waals surface area contributed by atoms with E-state index < -0.39 is 0 Å². The van der Waals surface area contributed by atoms with Gasteiger partial charge in [-0.15, -0.1) is 0 Å². The van der Waals surface area contributed by atoms with Gasteiger partial charge in [-0.2, -0.15) is 0 Å². The number of rotatable bonds is 12. The maximum Gasteiger partial charge on any atom is 0.330 e. The number of unbranched alkanes of at least 4 members (excludes halogenated alkanes) is 5. The first kappa shape index (κ1) is 18.2. The topological polar surface area (TPSA) is 55.8 Å². The summed E-state index contributed by atoms with van der Waals surface area (Å²) in [6.07, 6.45) is 7.67. The van der Waals surface area contributed by atoms with E-state index in [1.807, 2.05) is 24.3 Å². The van der Waals surface area contributed by atoms with E-state index in [0.717, 1.165) is 50.0 Å². The zero-order valence-electron chi connectivity index (χ0n) is 13.1. The van der Waals surface area contributed by atoms with Gasteiger partial charge in [-0.25, -0.2) is 4.79 Å². The quantitative estimate of drug-likeness (QED) is 0.364. The molecule has 0 aliphatic carbocycles. The highest BCUT2D eigenvalue weighted by Crippen LogP contribution is 2.13. The third-order valence-corrected chi connectivity index (χ3v) is 3.32. The van der Waals surface area contributed by atoms with Crippen LogP contribution in [0.15, 0.2) is 36.9 Å². The van der Waals surface area contributed by atoms with Crippen molar-refractivity contribution in [2.24, 2.45) is 0 Å². The van der Waals surface area contributed by atoms with Gasteiger partial charge < -0.3 is 14.6 Å². The monoisotopic (exact) mass is 306 g/mol. The predicted octanol–water partition coefficient (Wildman–Crippen LogP) is 3.63. The van der Waals surface area contributed by atoms with Crippen LogP contribution < -0.4 is 4.74 Å². The van der Waals surface area contributed by atoms with Crippen LogP contribution in [0.5, 0.6) is 5.75 Å². The van der Waals surface area contributed by atoms with Crippen molar-refractivity contribution in [2.75, 3.05) is 13.2 Å². The molecule has 0 aromatic heterocycles. The Balaban J connectivity index is 1.91. The van der Waals surface area contributed by atoms with Gasteiger partial charge in [-0.1, -0.05) is 44.4 Å². The third kappa shape index (κ3) is 8.47. The number of hydrogen-bond acceptors (Lipinski definition) is 4. The van der Waals surface area contributed by atoms with Gasteiger partial charge in [0.05, 0.1) is 19.8 Å². The summed E-state index contributed by atoms with van der Waals surface area (Å²) in [5.74, 6) is 0.505. The van der Waals surface area contributed by atoms with E-state index in [9.17, 15) is 4.79 Å². The lowest BCUT2D eigenvalue weighted by atomic mass is 10.1. The van der Waals surface area contributed by atoms with Crippen molar-refractivity contribution in [3.8, 4) is 5.75 Å². The van der Waals surface area contributed by atoms with Crippen molar-refractivity contribution < 1.29 is 19.4 Å². The van der Waals surface area contributed by atoms with E-state index in [4.69, 9.17) is 14.6 Å². The van der Waals surface area contributed by atoms with Crippen LogP contribution in [0.2, 0.25) is 0 Å². The number of benzene rings is 1. The van der Waals surface area contributed by atoms with E-state index in [0.29, 0.717) is 6.61 Å². The van der Waals surface area contributed by atoms with Crippen LogP contribution in [-0.2, 0) is 16.1 Å². The first-order valence-electron chi connectivity index (χ1n) is 7.88. The molecule has 4 nitrogen and oxygen atoms in total. The normalized spacial score (nSPS) is 10.2. The molecule has 0 saturated heterocycles. The van der Waals surface area contributed by atoms with Gasteiger partial charge in [0.1, 0.15) is 5.75 Å². The Morgan fingerprint density at radius 3 is 2.18 bits per heavy atom. The molecule has 0 atom stereocenters. The molecule has 1 rings (SSSR count). The van der Waals surface area contributed by atoms with Gasteiger partial charge in [-0.05, 0) is 30.5 Å². The summed E-state index contributed by atoms with van der Waals surface area (Å²) in [5.41, 5.74) is 0.895. The lowest BCUT2D eigenvalue weighted by Crippen LogP contribution is -2.01. The summed E-state index contributed by atoms with van der Waals surface area (Å²) >= 11 is 0. The Kier molecular flexibility index (Phi) is 9.79. The van der Waals surface area contributed by atoms with Crippen LogP contribution in [-0.4, -0.2) is 24.3 Å². The van der Waals surface area contributed by atoms with Crippen LogP contribution in [0.25, 0.3) is 0 Å². The van der Waals surface area contributed by atoms with Crippen molar-refractivity contribution in [3.05, 3.63) is 42.5 Å². The van der Waals surface area contributed by atoms with Gasteiger partial charge in [0.2, 0.25) is 0 Å². The highest BCUT2D eigenvalue weighted by atomic mass is 16.5. The van der Waals surface area contributed by atoms with Crippen molar-refractivity contribution in [2.45, 2.75) is 45.1 Å². The Morgan fingerprint density at radius 1 is 1.00 bits per heavy atom. The predicted molar refractivity (Wildman–Crippen MR) is 86.7 cm³/mol. The summed E-state index contributed by atoms with van der Waals surface area (Å²) in [7, 11) is 0. The number of ether oxygens (including phenoxy) is 2. The van der Waals surface area contributed by atoms with Gasteiger partial charge in [0, 0.05) is 6.08 Å². The molecule has 1 aromatic carbocycles. The van der Waals surface area contributed by atoms with E-state index in [-0.39, 0.29) is 12.6 Å². The van der Waals surface area contributed by atoms with Crippen LogP contribution >= 0.6 is 0 Å². The lowest BCUT2D eigenvalue weighted by Gasteiger charge is -2.07. The van der Waals surface area contributed by atoms with Crippen molar-refractivity contribution >= 4 is 5.97 Å². The summed E-state index contributed by atoms with van der Waals surface area (Å²) in [5, 5.41) is 8.95. The van der Waals surface area contributed by atoms with E-state index in [1.165, 1.54) is 12.5 Å². The number of esters is 1. The minimum atomic E-state index is -0.343. The Morgan fingerprint density at radius 2 is 1.59 bits per heavy atom. The first-order chi connectivity index (χ1) is 10.8. The molecule has 0 aliphatic rings. The van der Waals surface area contributed by atoms with Crippen molar-refractivity contribution in [1.29, 1.82) is 0 Å². The average molecular weight is 306 g/mol. The number of aliphatic hydroxyl groups is 1. The largest absolute Gasteiger partial charge is 0.494 e. The number of aliphatic hydroxyl groups excluding tert-OH is 1. The molecular weight excluding hydrogens is 280 g/mol. The fourth-order valence-electron chi connectivity index (χ4n) is 2.02.